The number of halogens is 1. The van der Waals surface area contributed by atoms with Gasteiger partial charge in [0.25, 0.3) is 0 Å². The van der Waals surface area contributed by atoms with Crippen LogP contribution in [-0.4, -0.2) is 30.2 Å². The monoisotopic (exact) mass is 525 g/mol. The number of aromatic nitrogens is 1. The number of anilines is 1. The minimum atomic E-state index is -3.96. The van der Waals surface area contributed by atoms with Crippen LogP contribution in [0, 0.1) is 13.8 Å². The van der Waals surface area contributed by atoms with Crippen LogP contribution in [0.4, 0.5) is 5.69 Å². The summed E-state index contributed by atoms with van der Waals surface area (Å²) in [4.78, 5) is 17.6. The Kier molecular flexibility index (Phi) is 7.66. The van der Waals surface area contributed by atoms with E-state index < -0.39 is 15.9 Å². The van der Waals surface area contributed by atoms with Crippen LogP contribution in [0.5, 0.6) is 0 Å². The van der Waals surface area contributed by atoms with Gasteiger partial charge in [-0.15, -0.1) is 11.3 Å². The van der Waals surface area contributed by atoms with Gasteiger partial charge in [-0.2, -0.15) is 4.31 Å². The molecule has 0 saturated heterocycles. The van der Waals surface area contributed by atoms with Crippen molar-refractivity contribution in [3.8, 4) is 11.3 Å². The minimum absolute atomic E-state index is 0.0402. The van der Waals surface area contributed by atoms with Crippen LogP contribution in [-0.2, 0) is 21.4 Å². The molecule has 0 radical (unpaired) electrons. The Morgan fingerprint density at radius 1 is 1.03 bits per heavy atom. The molecule has 4 aromatic rings. The van der Waals surface area contributed by atoms with Gasteiger partial charge in [0, 0.05) is 28.2 Å². The number of sulfonamides is 1. The molecule has 1 amide bonds. The fourth-order valence-corrected chi connectivity index (χ4v) is 5.71. The Hall–Kier alpha value is -3.04. The van der Waals surface area contributed by atoms with E-state index in [4.69, 9.17) is 11.6 Å². The Bertz CT molecular complexity index is 1450. The maximum absolute atomic E-state index is 13.5. The number of hydrogen-bond donors (Lipinski definition) is 1. The molecule has 0 aliphatic rings. The van der Waals surface area contributed by atoms with Crippen LogP contribution >= 0.6 is 22.9 Å². The van der Waals surface area contributed by atoms with E-state index in [0.717, 1.165) is 26.1 Å². The van der Waals surface area contributed by atoms with Gasteiger partial charge in [-0.3, -0.25) is 4.79 Å². The normalized spacial score (nSPS) is 11.5. The zero-order valence-electron chi connectivity index (χ0n) is 19.2. The summed E-state index contributed by atoms with van der Waals surface area (Å²) in [6.45, 7) is 3.40. The van der Waals surface area contributed by atoms with Crippen LogP contribution < -0.4 is 5.32 Å². The summed E-state index contributed by atoms with van der Waals surface area (Å²) in [6.07, 6.45) is 0. The van der Waals surface area contributed by atoms with E-state index in [1.807, 2.05) is 37.4 Å². The van der Waals surface area contributed by atoms with Gasteiger partial charge in [0.05, 0.1) is 22.1 Å². The molecule has 0 spiro atoms. The second-order valence-electron chi connectivity index (χ2n) is 8.06. The van der Waals surface area contributed by atoms with Crippen molar-refractivity contribution in [3.63, 3.8) is 0 Å². The van der Waals surface area contributed by atoms with Crippen LogP contribution in [0.1, 0.15) is 16.1 Å². The lowest BCUT2D eigenvalue weighted by molar-refractivity contribution is -0.116. The smallest absolute Gasteiger partial charge is 0.243 e. The molecule has 180 valence electrons. The molecule has 0 bridgehead atoms. The number of carbonyl (C=O) groups excluding carboxylic acids is 1. The molecular formula is C26H24ClN3O3S2. The molecule has 3 aromatic carbocycles. The summed E-state index contributed by atoms with van der Waals surface area (Å²) in [5.41, 5.74) is 3.80. The van der Waals surface area contributed by atoms with Crippen molar-refractivity contribution in [1.82, 2.24) is 9.29 Å². The summed E-state index contributed by atoms with van der Waals surface area (Å²) in [7, 11) is -3.96. The topological polar surface area (TPSA) is 79.4 Å². The highest BCUT2D eigenvalue weighted by atomic mass is 35.5. The van der Waals surface area contributed by atoms with Crippen LogP contribution in [0.3, 0.4) is 0 Å². The lowest BCUT2D eigenvalue weighted by atomic mass is 10.1. The van der Waals surface area contributed by atoms with Gasteiger partial charge in [0.15, 0.2) is 0 Å². The first-order valence-electron chi connectivity index (χ1n) is 10.8. The molecule has 0 aliphatic carbocycles. The highest BCUT2D eigenvalue weighted by Gasteiger charge is 2.27. The van der Waals surface area contributed by atoms with Crippen LogP contribution in [0.25, 0.3) is 11.3 Å². The number of nitrogens with one attached hydrogen (secondary N) is 1. The molecule has 9 heteroatoms. The van der Waals surface area contributed by atoms with E-state index in [0.29, 0.717) is 16.3 Å². The van der Waals surface area contributed by atoms with Crippen molar-refractivity contribution in [1.29, 1.82) is 0 Å². The van der Waals surface area contributed by atoms with Crippen molar-refractivity contribution < 1.29 is 13.2 Å². The van der Waals surface area contributed by atoms with Crippen molar-refractivity contribution in [3.05, 3.63) is 99.3 Å². The van der Waals surface area contributed by atoms with Gasteiger partial charge < -0.3 is 5.32 Å². The largest absolute Gasteiger partial charge is 0.325 e. The molecule has 0 fully saturated rings. The molecule has 1 heterocycles. The fourth-order valence-electron chi connectivity index (χ4n) is 3.51. The molecule has 0 atom stereocenters. The van der Waals surface area contributed by atoms with Crippen molar-refractivity contribution in [2.24, 2.45) is 0 Å². The number of carbonyl (C=O) groups is 1. The van der Waals surface area contributed by atoms with Gasteiger partial charge in [-0.1, -0.05) is 59.6 Å². The maximum Gasteiger partial charge on any atom is 0.243 e. The first kappa shape index (κ1) is 25.1. The van der Waals surface area contributed by atoms with Crippen molar-refractivity contribution in [2.45, 2.75) is 25.3 Å². The third-order valence-electron chi connectivity index (χ3n) is 5.34. The van der Waals surface area contributed by atoms with E-state index in [-0.39, 0.29) is 18.0 Å². The van der Waals surface area contributed by atoms with E-state index in [1.54, 1.807) is 65.9 Å². The lowest BCUT2D eigenvalue weighted by Crippen LogP contribution is -2.37. The standard InChI is InChI=1S/C26H24ClN3O3S2/c1-18-10-12-23(13-11-18)35(32,33)30(15-21-6-3-4-9-24(21)27)16-26(31)29-22-8-5-7-20(14-22)25-17-34-19(2)28-25/h3-14,17H,15-16H2,1-2H3,(H,29,31). The Morgan fingerprint density at radius 3 is 2.46 bits per heavy atom. The lowest BCUT2D eigenvalue weighted by Gasteiger charge is -2.22. The van der Waals surface area contributed by atoms with E-state index in [2.05, 4.69) is 10.3 Å². The molecule has 1 N–H and O–H groups in total. The molecule has 35 heavy (non-hydrogen) atoms. The highest BCUT2D eigenvalue weighted by Crippen LogP contribution is 2.25. The molecule has 4 rings (SSSR count). The van der Waals surface area contributed by atoms with Gasteiger partial charge in [0.1, 0.15) is 0 Å². The summed E-state index contributed by atoms with van der Waals surface area (Å²) in [5, 5.41) is 6.16. The van der Waals surface area contributed by atoms with Gasteiger partial charge >= 0.3 is 0 Å². The van der Waals surface area contributed by atoms with Crippen molar-refractivity contribution >= 4 is 44.6 Å². The van der Waals surface area contributed by atoms with Gasteiger partial charge in [-0.05, 0) is 49.7 Å². The molecule has 0 aliphatic heterocycles. The first-order valence-corrected chi connectivity index (χ1v) is 13.5. The van der Waals surface area contributed by atoms with Crippen LogP contribution in [0.2, 0.25) is 5.02 Å². The quantitative estimate of drug-likeness (QED) is 0.310. The number of thiazole rings is 1. The second kappa shape index (κ2) is 10.7. The summed E-state index contributed by atoms with van der Waals surface area (Å²) < 4.78 is 28.1. The van der Waals surface area contributed by atoms with Crippen LogP contribution in [0.15, 0.2) is 83.1 Å². The molecule has 6 nitrogen and oxygen atoms in total. The number of aryl methyl sites for hydroxylation is 2. The Labute approximate surface area is 214 Å². The summed E-state index contributed by atoms with van der Waals surface area (Å²) in [6, 6.07) is 20.8. The van der Waals surface area contributed by atoms with E-state index in [9.17, 15) is 13.2 Å². The average molecular weight is 526 g/mol. The number of nitrogens with zero attached hydrogens (tertiary/aromatic N) is 2. The predicted molar refractivity (Wildman–Crippen MR) is 141 cm³/mol. The number of rotatable bonds is 8. The minimum Gasteiger partial charge on any atom is -0.325 e. The highest BCUT2D eigenvalue weighted by molar-refractivity contribution is 7.89. The predicted octanol–water partition coefficient (Wildman–Crippen LogP) is 5.91. The maximum atomic E-state index is 13.5. The third kappa shape index (κ3) is 6.15. The summed E-state index contributed by atoms with van der Waals surface area (Å²) in [5.74, 6) is -0.459. The third-order valence-corrected chi connectivity index (χ3v) is 8.29. The summed E-state index contributed by atoms with van der Waals surface area (Å²) >= 11 is 7.85. The zero-order valence-corrected chi connectivity index (χ0v) is 21.6. The first-order chi connectivity index (χ1) is 16.7. The van der Waals surface area contributed by atoms with E-state index in [1.165, 1.54) is 0 Å². The number of benzene rings is 3. The number of amides is 1. The van der Waals surface area contributed by atoms with Gasteiger partial charge in [0.2, 0.25) is 15.9 Å². The Balaban J connectivity index is 1.59. The average Bonchev–Trinajstić information content (AvgIpc) is 3.27. The fraction of sp³-hybridized carbons (Fsp3) is 0.154. The molecule has 0 unspecified atom stereocenters. The zero-order chi connectivity index (χ0) is 25.0. The SMILES string of the molecule is Cc1ccc(S(=O)(=O)N(CC(=O)Nc2cccc(-c3csc(C)n3)c2)Cc2ccccc2Cl)cc1. The van der Waals surface area contributed by atoms with E-state index >= 15 is 0 Å². The van der Waals surface area contributed by atoms with Crippen molar-refractivity contribution in [2.75, 3.05) is 11.9 Å². The second-order valence-corrected chi connectivity index (χ2v) is 11.5. The Morgan fingerprint density at radius 2 is 1.77 bits per heavy atom. The molecule has 1 aromatic heterocycles. The molecule has 0 saturated carbocycles. The van der Waals surface area contributed by atoms with Gasteiger partial charge in [-0.25, -0.2) is 13.4 Å². The molecular weight excluding hydrogens is 502 g/mol. The number of hydrogen-bond acceptors (Lipinski definition) is 5.